The van der Waals surface area contributed by atoms with Gasteiger partial charge in [0.2, 0.25) is 5.82 Å². The molecule has 0 saturated heterocycles. The largest absolute Gasteiger partial charge is 0.316 e. The van der Waals surface area contributed by atoms with Crippen LogP contribution in [0.4, 0.5) is 5.69 Å². The minimum absolute atomic E-state index is 0.132. The van der Waals surface area contributed by atoms with Gasteiger partial charge in [0.15, 0.2) is 0 Å². The molecule has 0 radical (unpaired) electrons. The van der Waals surface area contributed by atoms with Crippen molar-refractivity contribution >= 4 is 11.6 Å². The van der Waals surface area contributed by atoms with Gasteiger partial charge in [0, 0.05) is 12.6 Å². The first-order valence-corrected chi connectivity index (χ1v) is 4.51. The van der Waals surface area contributed by atoms with Gasteiger partial charge in [-0.15, -0.1) is 5.10 Å². The molecule has 2 rings (SSSR count). The summed E-state index contributed by atoms with van der Waals surface area (Å²) in [6.07, 6.45) is 3.79. The molecule has 3 N–H and O–H groups in total. The summed E-state index contributed by atoms with van der Waals surface area (Å²) in [5.74, 6) is 0.466. The Bertz CT molecular complexity index is 445. The molecule has 15 heavy (non-hydrogen) atoms. The van der Waals surface area contributed by atoms with E-state index in [4.69, 9.17) is 0 Å². The van der Waals surface area contributed by atoms with Crippen LogP contribution in [-0.2, 0) is 6.42 Å². The number of hydrogen-bond acceptors (Lipinski definition) is 4. The van der Waals surface area contributed by atoms with Crippen LogP contribution in [0, 0.1) is 0 Å². The molecule has 0 bridgehead atoms. The molecule has 0 saturated carbocycles. The van der Waals surface area contributed by atoms with E-state index in [1.807, 2.05) is 6.92 Å². The summed E-state index contributed by atoms with van der Waals surface area (Å²) in [6, 6.07) is 0. The molecule has 2 aromatic heterocycles. The van der Waals surface area contributed by atoms with Crippen LogP contribution >= 0.6 is 0 Å². The summed E-state index contributed by atoms with van der Waals surface area (Å²) >= 11 is 0. The Kier molecular flexibility index (Phi) is 2.44. The van der Waals surface area contributed by atoms with E-state index in [0.29, 0.717) is 17.9 Å². The highest BCUT2D eigenvalue weighted by Gasteiger charge is 2.11. The lowest BCUT2D eigenvalue weighted by Gasteiger charge is -1.95. The van der Waals surface area contributed by atoms with Crippen molar-refractivity contribution in [2.24, 2.45) is 0 Å². The van der Waals surface area contributed by atoms with Crippen molar-refractivity contribution < 1.29 is 4.79 Å². The number of aromatic nitrogens is 5. The number of rotatable bonds is 3. The predicted octanol–water partition coefficient (Wildman–Crippen LogP) is 0.342. The van der Waals surface area contributed by atoms with Crippen molar-refractivity contribution in [3.05, 3.63) is 24.0 Å². The molecular formula is C8H10N6O. The number of H-pyrrole nitrogens is 2. The Morgan fingerprint density at radius 2 is 2.47 bits per heavy atom. The van der Waals surface area contributed by atoms with Crippen molar-refractivity contribution in [3.63, 3.8) is 0 Å². The third-order valence-corrected chi connectivity index (χ3v) is 1.83. The van der Waals surface area contributed by atoms with Crippen LogP contribution < -0.4 is 5.32 Å². The van der Waals surface area contributed by atoms with Crippen LogP contribution in [0.1, 0.15) is 23.4 Å². The van der Waals surface area contributed by atoms with Crippen molar-refractivity contribution in [1.29, 1.82) is 0 Å². The highest BCUT2D eigenvalue weighted by molar-refractivity contribution is 6.01. The number of nitrogens with zero attached hydrogens (tertiary/aromatic N) is 3. The van der Waals surface area contributed by atoms with Gasteiger partial charge in [-0.3, -0.25) is 15.0 Å². The second-order valence-electron chi connectivity index (χ2n) is 2.90. The summed E-state index contributed by atoms with van der Waals surface area (Å²) in [5.41, 5.74) is 0.586. The van der Waals surface area contributed by atoms with Crippen LogP contribution in [0.3, 0.4) is 0 Å². The molecule has 0 atom stereocenters. The third-order valence-electron chi connectivity index (χ3n) is 1.83. The Hall–Kier alpha value is -2.18. The summed E-state index contributed by atoms with van der Waals surface area (Å²) in [4.78, 5) is 15.5. The van der Waals surface area contributed by atoms with Crippen LogP contribution in [-0.4, -0.2) is 31.3 Å². The normalized spacial score (nSPS) is 10.2. The molecule has 0 spiro atoms. The number of hydrogen-bond donors (Lipinski definition) is 3. The van der Waals surface area contributed by atoms with Crippen LogP contribution in [0.15, 0.2) is 12.4 Å². The molecule has 0 unspecified atom stereocenters. The Morgan fingerprint density at radius 3 is 3.07 bits per heavy atom. The topological polar surface area (TPSA) is 99.3 Å². The molecule has 0 aliphatic carbocycles. The van der Waals surface area contributed by atoms with E-state index < -0.39 is 0 Å². The van der Waals surface area contributed by atoms with Crippen molar-refractivity contribution in [2.45, 2.75) is 13.3 Å². The van der Waals surface area contributed by atoms with Crippen molar-refractivity contribution in [3.8, 4) is 0 Å². The number of carbonyl (C=O) groups excluding carboxylic acids is 1. The second-order valence-corrected chi connectivity index (χ2v) is 2.90. The minimum Gasteiger partial charge on any atom is -0.316 e. The number of aryl methyl sites for hydroxylation is 1. The van der Waals surface area contributed by atoms with Gasteiger partial charge in [0.25, 0.3) is 5.91 Å². The molecule has 2 aromatic rings. The summed E-state index contributed by atoms with van der Waals surface area (Å²) in [5, 5.41) is 15.3. The zero-order valence-electron chi connectivity index (χ0n) is 8.11. The lowest BCUT2D eigenvalue weighted by Crippen LogP contribution is -2.13. The summed E-state index contributed by atoms with van der Waals surface area (Å²) in [7, 11) is 0. The maximum Gasteiger partial charge on any atom is 0.295 e. The number of amides is 1. The first-order valence-electron chi connectivity index (χ1n) is 4.51. The molecule has 0 aromatic carbocycles. The highest BCUT2D eigenvalue weighted by atomic mass is 16.2. The van der Waals surface area contributed by atoms with Gasteiger partial charge in [-0.05, 0) is 0 Å². The SMILES string of the molecule is CCc1nc(C(=O)Nc2cn[nH]c2)n[nH]1. The number of carbonyl (C=O) groups is 1. The Balaban J connectivity index is 2.08. The van der Waals surface area contributed by atoms with Crippen LogP contribution in [0.25, 0.3) is 0 Å². The van der Waals surface area contributed by atoms with Gasteiger partial charge < -0.3 is 5.32 Å². The monoisotopic (exact) mass is 206 g/mol. The molecule has 2 heterocycles. The average Bonchev–Trinajstić information content (AvgIpc) is 2.86. The first kappa shape index (κ1) is 9.38. The fourth-order valence-corrected chi connectivity index (χ4v) is 1.06. The van der Waals surface area contributed by atoms with Crippen molar-refractivity contribution in [1.82, 2.24) is 25.4 Å². The Labute approximate surface area is 85.3 Å². The number of anilines is 1. The van der Waals surface area contributed by atoms with Gasteiger partial charge in [-0.1, -0.05) is 6.92 Å². The molecule has 7 nitrogen and oxygen atoms in total. The first-order chi connectivity index (χ1) is 7.29. The number of aromatic amines is 2. The zero-order valence-corrected chi connectivity index (χ0v) is 8.11. The van der Waals surface area contributed by atoms with Gasteiger partial charge in [0.05, 0.1) is 11.9 Å². The van der Waals surface area contributed by atoms with Crippen LogP contribution in [0.5, 0.6) is 0 Å². The van der Waals surface area contributed by atoms with E-state index in [1.54, 1.807) is 6.20 Å². The summed E-state index contributed by atoms with van der Waals surface area (Å²) in [6.45, 7) is 1.93. The quantitative estimate of drug-likeness (QED) is 0.674. The lowest BCUT2D eigenvalue weighted by atomic mass is 10.4. The van der Waals surface area contributed by atoms with E-state index in [9.17, 15) is 4.79 Å². The van der Waals surface area contributed by atoms with Gasteiger partial charge in [0.1, 0.15) is 5.82 Å². The number of nitrogens with one attached hydrogen (secondary N) is 3. The molecule has 7 heteroatoms. The molecule has 0 fully saturated rings. The minimum atomic E-state index is -0.354. The second kappa shape index (κ2) is 3.91. The van der Waals surface area contributed by atoms with Gasteiger partial charge in [-0.2, -0.15) is 5.10 Å². The van der Waals surface area contributed by atoms with Gasteiger partial charge >= 0.3 is 0 Å². The zero-order chi connectivity index (χ0) is 10.7. The fourth-order valence-electron chi connectivity index (χ4n) is 1.06. The Morgan fingerprint density at radius 1 is 1.60 bits per heavy atom. The maximum atomic E-state index is 11.5. The van der Waals surface area contributed by atoms with E-state index in [-0.39, 0.29) is 11.7 Å². The van der Waals surface area contributed by atoms with Crippen LogP contribution in [0.2, 0.25) is 0 Å². The average molecular weight is 206 g/mol. The lowest BCUT2D eigenvalue weighted by molar-refractivity contribution is 0.101. The standard InChI is InChI=1S/C8H10N6O/c1-2-6-12-7(14-13-6)8(15)11-5-3-9-10-4-5/h3-4H,2H2,1H3,(H,9,10)(H,11,15)(H,12,13,14). The molecule has 78 valence electrons. The molecular weight excluding hydrogens is 196 g/mol. The van der Waals surface area contributed by atoms with E-state index >= 15 is 0 Å². The third kappa shape index (κ3) is 2.01. The van der Waals surface area contributed by atoms with E-state index in [0.717, 1.165) is 0 Å². The van der Waals surface area contributed by atoms with E-state index in [2.05, 4.69) is 30.7 Å². The smallest absolute Gasteiger partial charge is 0.295 e. The summed E-state index contributed by atoms with van der Waals surface area (Å²) < 4.78 is 0. The molecule has 1 amide bonds. The highest BCUT2D eigenvalue weighted by Crippen LogP contribution is 2.03. The fraction of sp³-hybridized carbons (Fsp3) is 0.250. The van der Waals surface area contributed by atoms with E-state index in [1.165, 1.54) is 6.20 Å². The molecule has 0 aliphatic heterocycles. The van der Waals surface area contributed by atoms with Gasteiger partial charge in [-0.25, -0.2) is 4.98 Å². The molecule has 0 aliphatic rings. The van der Waals surface area contributed by atoms with Crippen molar-refractivity contribution in [2.75, 3.05) is 5.32 Å². The maximum absolute atomic E-state index is 11.5. The predicted molar refractivity (Wildman–Crippen MR) is 52.3 cm³/mol.